The van der Waals surface area contributed by atoms with E-state index >= 15 is 0 Å². The number of esters is 4. The maximum atomic E-state index is 11.7. The van der Waals surface area contributed by atoms with Gasteiger partial charge in [-0.15, -0.1) is 0 Å². The number of alkyl halides is 2. The first kappa shape index (κ1) is 25.8. The second-order valence-electron chi connectivity index (χ2n) is 6.13. The number of halogens is 2. The van der Waals surface area contributed by atoms with Gasteiger partial charge in [0.1, 0.15) is 12.7 Å². The number of hydrogen-bond donors (Lipinski definition) is 0. The van der Waals surface area contributed by atoms with Gasteiger partial charge in [0.2, 0.25) is 0 Å². The lowest BCUT2D eigenvalue weighted by atomic mass is 9.98. The average molecular weight is 548 g/mol. The minimum atomic E-state index is -1.24. The summed E-state index contributed by atoms with van der Waals surface area (Å²) in [6.07, 6.45) is -6.28. The zero-order chi connectivity index (χ0) is 22.1. The third kappa shape index (κ3) is 8.57. The summed E-state index contributed by atoms with van der Waals surface area (Å²) in [5.41, 5.74) is 0. The Morgan fingerprint density at radius 2 is 1.28 bits per heavy atom. The van der Waals surface area contributed by atoms with Crippen molar-refractivity contribution in [2.75, 3.05) is 17.3 Å². The van der Waals surface area contributed by atoms with Crippen LogP contribution >= 0.6 is 31.9 Å². The fourth-order valence-corrected chi connectivity index (χ4v) is 3.98. The summed E-state index contributed by atoms with van der Waals surface area (Å²) in [5, 5.41) is 0.843. The number of hydrogen-bond acceptors (Lipinski definition) is 10. The predicted molar refractivity (Wildman–Crippen MR) is 104 cm³/mol. The van der Waals surface area contributed by atoms with Crippen LogP contribution in [-0.2, 0) is 47.6 Å². The van der Waals surface area contributed by atoms with E-state index in [1.807, 2.05) is 0 Å². The number of carbonyl (C=O) groups is 4. The molecule has 0 bridgehead atoms. The van der Waals surface area contributed by atoms with Crippen molar-refractivity contribution in [2.45, 2.75) is 64.5 Å². The van der Waals surface area contributed by atoms with Crippen molar-refractivity contribution in [1.29, 1.82) is 0 Å². The predicted octanol–water partition coefficient (Wildman–Crippen LogP) is 1.24. The maximum Gasteiger partial charge on any atom is 0.303 e. The van der Waals surface area contributed by atoms with Gasteiger partial charge < -0.3 is 28.4 Å². The number of rotatable bonds is 9. The van der Waals surface area contributed by atoms with Gasteiger partial charge in [-0.1, -0.05) is 31.9 Å². The Hall–Kier alpha value is -1.24. The van der Waals surface area contributed by atoms with Crippen LogP contribution in [0.1, 0.15) is 27.7 Å². The van der Waals surface area contributed by atoms with Gasteiger partial charge in [0.25, 0.3) is 0 Å². The van der Waals surface area contributed by atoms with Crippen molar-refractivity contribution >= 4 is 55.7 Å². The van der Waals surface area contributed by atoms with Crippen LogP contribution in [-0.4, -0.2) is 78.0 Å². The Kier molecular flexibility index (Phi) is 11.1. The topological polar surface area (TPSA) is 124 Å². The van der Waals surface area contributed by atoms with Gasteiger partial charge in [-0.25, -0.2) is 0 Å². The fraction of sp³-hybridized carbons (Fsp3) is 0.765. The molecular formula is C17H24Br2O10. The van der Waals surface area contributed by atoms with Crippen LogP contribution in [0.15, 0.2) is 0 Å². The minimum absolute atomic E-state index is 0.301. The van der Waals surface area contributed by atoms with Gasteiger partial charge in [-0.3, -0.25) is 19.2 Å². The molecule has 12 heteroatoms. The summed E-state index contributed by atoms with van der Waals surface area (Å²) < 4.78 is 32.5. The monoisotopic (exact) mass is 546 g/mol. The van der Waals surface area contributed by atoms with Crippen LogP contribution < -0.4 is 0 Å². The molecule has 1 saturated heterocycles. The van der Waals surface area contributed by atoms with Gasteiger partial charge in [-0.05, 0) is 0 Å². The van der Waals surface area contributed by atoms with Crippen LogP contribution in [0, 0.1) is 0 Å². The van der Waals surface area contributed by atoms with Gasteiger partial charge >= 0.3 is 23.9 Å². The molecule has 1 heterocycles. The van der Waals surface area contributed by atoms with Crippen molar-refractivity contribution in [3.8, 4) is 0 Å². The molecule has 0 radical (unpaired) electrons. The standard InChI is InChI=1S/C17H24Br2O10/c1-8(20)24-7-13-14(25-9(2)21)15(26-10(3)22)16(27-11(4)23)17(29-13)28-12(5-18)6-19/h12-17H,5-7H2,1-4H3/t13-,14-,15+,16+,17+/m1/s1. The first-order valence-corrected chi connectivity index (χ1v) is 10.9. The lowest BCUT2D eigenvalue weighted by molar-refractivity contribution is -0.313. The van der Waals surface area contributed by atoms with Crippen LogP contribution in [0.4, 0.5) is 0 Å². The molecule has 0 N–H and O–H groups in total. The number of ether oxygens (including phenoxy) is 6. The van der Waals surface area contributed by atoms with E-state index in [9.17, 15) is 19.2 Å². The molecule has 0 unspecified atom stereocenters. The van der Waals surface area contributed by atoms with Crippen LogP contribution in [0.3, 0.4) is 0 Å². The molecule has 0 spiro atoms. The first-order chi connectivity index (χ1) is 13.6. The maximum absolute atomic E-state index is 11.7. The van der Waals surface area contributed by atoms with E-state index in [1.54, 1.807) is 0 Å². The molecule has 0 aromatic rings. The smallest absolute Gasteiger partial charge is 0.303 e. The molecule has 1 rings (SSSR count). The highest BCUT2D eigenvalue weighted by Gasteiger charge is 2.53. The van der Waals surface area contributed by atoms with E-state index in [2.05, 4.69) is 31.9 Å². The van der Waals surface area contributed by atoms with Crippen molar-refractivity contribution in [3.63, 3.8) is 0 Å². The fourth-order valence-electron chi connectivity index (χ4n) is 2.60. The van der Waals surface area contributed by atoms with E-state index in [0.717, 1.165) is 13.8 Å². The molecule has 166 valence electrons. The molecule has 0 aromatic heterocycles. The van der Waals surface area contributed by atoms with Crippen molar-refractivity contribution < 1.29 is 47.6 Å². The van der Waals surface area contributed by atoms with Gasteiger partial charge in [0.05, 0.1) is 6.10 Å². The lowest BCUT2D eigenvalue weighted by Gasteiger charge is -2.44. The summed E-state index contributed by atoms with van der Waals surface area (Å²) in [7, 11) is 0. The molecule has 0 saturated carbocycles. The largest absolute Gasteiger partial charge is 0.463 e. The van der Waals surface area contributed by atoms with Crippen LogP contribution in [0.25, 0.3) is 0 Å². The molecule has 29 heavy (non-hydrogen) atoms. The van der Waals surface area contributed by atoms with Crippen molar-refractivity contribution in [2.24, 2.45) is 0 Å². The summed E-state index contributed by atoms with van der Waals surface area (Å²) in [6.45, 7) is 4.38. The van der Waals surface area contributed by atoms with E-state index in [-0.39, 0.29) is 6.61 Å². The summed E-state index contributed by atoms with van der Waals surface area (Å²) in [6, 6.07) is 0. The van der Waals surface area contributed by atoms with Crippen molar-refractivity contribution in [1.82, 2.24) is 0 Å². The summed E-state index contributed by atoms with van der Waals surface area (Å²) in [5.74, 6) is -2.66. The second-order valence-corrected chi connectivity index (χ2v) is 7.43. The molecule has 0 aliphatic carbocycles. The third-order valence-electron chi connectivity index (χ3n) is 3.62. The third-order valence-corrected chi connectivity index (χ3v) is 5.06. The van der Waals surface area contributed by atoms with Crippen LogP contribution in [0.5, 0.6) is 0 Å². The van der Waals surface area contributed by atoms with Gasteiger partial charge in [-0.2, -0.15) is 0 Å². The normalized spacial score (nSPS) is 26.5. The Labute approximate surface area is 185 Å². The molecule has 10 nitrogen and oxygen atoms in total. The minimum Gasteiger partial charge on any atom is -0.463 e. The van der Waals surface area contributed by atoms with Gasteiger partial charge in [0, 0.05) is 38.4 Å². The molecule has 1 aliphatic rings. The molecule has 0 amide bonds. The molecule has 1 aliphatic heterocycles. The van der Waals surface area contributed by atoms with E-state index in [4.69, 9.17) is 28.4 Å². The zero-order valence-corrected chi connectivity index (χ0v) is 19.6. The van der Waals surface area contributed by atoms with Gasteiger partial charge in [0.15, 0.2) is 24.6 Å². The Morgan fingerprint density at radius 3 is 1.72 bits per heavy atom. The Bertz CT molecular complexity index is 595. The van der Waals surface area contributed by atoms with E-state index < -0.39 is 60.7 Å². The molecular weight excluding hydrogens is 524 g/mol. The second kappa shape index (κ2) is 12.5. The molecule has 5 atom stereocenters. The SMILES string of the molecule is CC(=O)OC[C@H]1O[C@H](OC(CBr)CBr)[C@@H](OC(C)=O)[C@@H](OC(C)=O)[C@@H]1OC(C)=O. The number of carbonyl (C=O) groups excluding carboxylic acids is 4. The highest BCUT2D eigenvalue weighted by atomic mass is 79.9. The van der Waals surface area contributed by atoms with Crippen molar-refractivity contribution in [3.05, 3.63) is 0 Å². The molecule has 1 fully saturated rings. The zero-order valence-electron chi connectivity index (χ0n) is 16.4. The lowest BCUT2D eigenvalue weighted by Crippen LogP contribution is -2.63. The Morgan fingerprint density at radius 1 is 0.793 bits per heavy atom. The highest BCUT2D eigenvalue weighted by Crippen LogP contribution is 2.30. The summed E-state index contributed by atoms with van der Waals surface area (Å²) in [4.78, 5) is 46.3. The van der Waals surface area contributed by atoms with E-state index in [0.29, 0.717) is 10.7 Å². The average Bonchev–Trinajstić information content (AvgIpc) is 2.61. The quantitative estimate of drug-likeness (QED) is 0.236. The molecule has 0 aromatic carbocycles. The van der Waals surface area contributed by atoms with Crippen LogP contribution in [0.2, 0.25) is 0 Å². The highest BCUT2D eigenvalue weighted by molar-refractivity contribution is 9.09. The van der Waals surface area contributed by atoms with E-state index in [1.165, 1.54) is 13.8 Å². The summed E-state index contributed by atoms with van der Waals surface area (Å²) >= 11 is 6.59. The first-order valence-electron chi connectivity index (χ1n) is 8.66. The Balaban J connectivity index is 3.31.